The fourth-order valence-corrected chi connectivity index (χ4v) is 2.40. The van der Waals surface area contributed by atoms with Gasteiger partial charge in [0.25, 0.3) is 5.91 Å². The summed E-state index contributed by atoms with van der Waals surface area (Å²) in [6.07, 6.45) is 3.02. The lowest BCUT2D eigenvalue weighted by Gasteiger charge is -2.06. The quantitative estimate of drug-likeness (QED) is 0.589. The molecule has 0 fully saturated rings. The number of carbonyl (C=O) groups is 1. The Hall–Kier alpha value is -3.94. The minimum absolute atomic E-state index is 0.296. The number of aromatic amines is 1. The van der Waals surface area contributed by atoms with E-state index in [-0.39, 0.29) is 5.91 Å². The first kappa shape index (κ1) is 15.6. The molecule has 126 valence electrons. The van der Waals surface area contributed by atoms with Crippen molar-refractivity contribution in [1.82, 2.24) is 30.6 Å². The van der Waals surface area contributed by atoms with Crippen LogP contribution in [0.4, 0.5) is 5.69 Å². The minimum atomic E-state index is -0.296. The molecule has 0 saturated carbocycles. The maximum Gasteiger partial charge on any atom is 0.258 e. The molecule has 0 aliphatic carbocycles. The van der Waals surface area contributed by atoms with Crippen LogP contribution in [0.2, 0.25) is 0 Å². The average molecular weight is 343 g/mol. The molecule has 0 unspecified atom stereocenters. The van der Waals surface area contributed by atoms with Gasteiger partial charge in [0.1, 0.15) is 0 Å². The van der Waals surface area contributed by atoms with E-state index in [0.717, 1.165) is 11.1 Å². The summed E-state index contributed by atoms with van der Waals surface area (Å²) in [5.41, 5.74) is 2.62. The summed E-state index contributed by atoms with van der Waals surface area (Å²) in [6, 6.07) is 16.8. The maximum atomic E-state index is 12.4. The zero-order valence-electron chi connectivity index (χ0n) is 13.5. The van der Waals surface area contributed by atoms with Crippen molar-refractivity contribution in [3.05, 3.63) is 72.6 Å². The van der Waals surface area contributed by atoms with Gasteiger partial charge in [-0.1, -0.05) is 42.5 Å². The molecule has 2 aromatic carbocycles. The van der Waals surface area contributed by atoms with Crippen molar-refractivity contribution >= 4 is 11.6 Å². The number of aromatic nitrogens is 6. The molecule has 2 aromatic heterocycles. The first-order valence-corrected chi connectivity index (χ1v) is 7.82. The SMILES string of the molecule is O=C(Nc1cccc(-c2nn[nH]n2)c1)c1cnc(-c2ccccc2)nc1. The Labute approximate surface area is 148 Å². The number of rotatable bonds is 4. The summed E-state index contributed by atoms with van der Waals surface area (Å²) in [6.45, 7) is 0. The van der Waals surface area contributed by atoms with Gasteiger partial charge in [0.05, 0.1) is 5.56 Å². The number of hydrogen-bond donors (Lipinski definition) is 2. The molecule has 4 aromatic rings. The van der Waals surface area contributed by atoms with Gasteiger partial charge in [0.2, 0.25) is 5.82 Å². The van der Waals surface area contributed by atoms with Gasteiger partial charge in [0.15, 0.2) is 5.82 Å². The van der Waals surface area contributed by atoms with Crippen LogP contribution < -0.4 is 5.32 Å². The highest BCUT2D eigenvalue weighted by Crippen LogP contribution is 2.19. The molecule has 2 heterocycles. The van der Waals surface area contributed by atoms with Crippen LogP contribution in [0.3, 0.4) is 0 Å². The third-order valence-corrected chi connectivity index (χ3v) is 3.67. The summed E-state index contributed by atoms with van der Waals surface area (Å²) in [5.74, 6) is 0.729. The van der Waals surface area contributed by atoms with E-state index in [9.17, 15) is 4.79 Å². The van der Waals surface area contributed by atoms with Crippen molar-refractivity contribution in [3.63, 3.8) is 0 Å². The smallest absolute Gasteiger partial charge is 0.258 e. The molecule has 8 nitrogen and oxygen atoms in total. The van der Waals surface area contributed by atoms with Crippen molar-refractivity contribution in [2.75, 3.05) is 5.32 Å². The third-order valence-electron chi connectivity index (χ3n) is 3.67. The minimum Gasteiger partial charge on any atom is -0.322 e. The highest BCUT2D eigenvalue weighted by atomic mass is 16.1. The predicted molar refractivity (Wildman–Crippen MR) is 95.0 cm³/mol. The summed E-state index contributed by atoms with van der Waals surface area (Å²) >= 11 is 0. The van der Waals surface area contributed by atoms with Gasteiger partial charge in [-0.2, -0.15) is 5.21 Å². The lowest BCUT2D eigenvalue weighted by Crippen LogP contribution is -2.12. The maximum absolute atomic E-state index is 12.4. The highest BCUT2D eigenvalue weighted by Gasteiger charge is 2.10. The van der Waals surface area contributed by atoms with Crippen LogP contribution in [0.25, 0.3) is 22.8 Å². The summed E-state index contributed by atoms with van der Waals surface area (Å²) in [5, 5.41) is 16.6. The Balaban J connectivity index is 1.51. The van der Waals surface area contributed by atoms with E-state index < -0.39 is 0 Å². The lowest BCUT2D eigenvalue weighted by molar-refractivity contribution is 0.102. The van der Waals surface area contributed by atoms with Gasteiger partial charge in [-0.15, -0.1) is 10.2 Å². The van der Waals surface area contributed by atoms with E-state index >= 15 is 0 Å². The molecule has 0 spiro atoms. The van der Waals surface area contributed by atoms with Crippen LogP contribution in [0.1, 0.15) is 10.4 Å². The third kappa shape index (κ3) is 3.29. The molecule has 1 amide bonds. The number of H-pyrrole nitrogens is 1. The van der Waals surface area contributed by atoms with Crippen LogP contribution >= 0.6 is 0 Å². The Bertz CT molecular complexity index is 1020. The van der Waals surface area contributed by atoms with E-state index in [4.69, 9.17) is 0 Å². The van der Waals surface area contributed by atoms with Crippen LogP contribution in [-0.2, 0) is 0 Å². The van der Waals surface area contributed by atoms with Crippen LogP contribution in [0.15, 0.2) is 67.0 Å². The fraction of sp³-hybridized carbons (Fsp3) is 0. The van der Waals surface area contributed by atoms with E-state index in [1.54, 1.807) is 18.2 Å². The Kier molecular flexibility index (Phi) is 4.13. The lowest BCUT2D eigenvalue weighted by atomic mass is 10.2. The second kappa shape index (κ2) is 6.89. The fourth-order valence-electron chi connectivity index (χ4n) is 2.40. The summed E-state index contributed by atoms with van der Waals surface area (Å²) < 4.78 is 0. The topological polar surface area (TPSA) is 109 Å². The van der Waals surface area contributed by atoms with Gasteiger partial charge in [-0.3, -0.25) is 4.79 Å². The summed E-state index contributed by atoms with van der Waals surface area (Å²) in [4.78, 5) is 20.9. The number of amides is 1. The second-order valence-corrected chi connectivity index (χ2v) is 5.43. The van der Waals surface area contributed by atoms with Gasteiger partial charge in [0, 0.05) is 29.2 Å². The first-order valence-electron chi connectivity index (χ1n) is 7.82. The van der Waals surface area contributed by atoms with E-state index in [0.29, 0.717) is 22.9 Å². The van der Waals surface area contributed by atoms with E-state index in [1.807, 2.05) is 36.4 Å². The van der Waals surface area contributed by atoms with Crippen LogP contribution in [0, 0.1) is 0 Å². The van der Waals surface area contributed by atoms with Gasteiger partial charge >= 0.3 is 0 Å². The largest absolute Gasteiger partial charge is 0.322 e. The van der Waals surface area contributed by atoms with Crippen molar-refractivity contribution < 1.29 is 4.79 Å². The number of carbonyl (C=O) groups excluding carboxylic acids is 1. The number of nitrogens with one attached hydrogen (secondary N) is 2. The van der Waals surface area contributed by atoms with Crippen molar-refractivity contribution in [2.45, 2.75) is 0 Å². The zero-order valence-corrected chi connectivity index (χ0v) is 13.5. The molecule has 2 N–H and O–H groups in total. The number of hydrogen-bond acceptors (Lipinski definition) is 6. The molecule has 0 atom stereocenters. The number of nitrogens with zero attached hydrogens (tertiary/aromatic N) is 5. The number of benzene rings is 2. The van der Waals surface area contributed by atoms with Crippen LogP contribution in [-0.4, -0.2) is 36.5 Å². The molecule has 4 rings (SSSR count). The molecular weight excluding hydrogens is 330 g/mol. The molecule has 0 bridgehead atoms. The van der Waals surface area contributed by atoms with Gasteiger partial charge < -0.3 is 5.32 Å². The zero-order chi connectivity index (χ0) is 17.8. The monoisotopic (exact) mass is 343 g/mol. The first-order chi connectivity index (χ1) is 12.8. The molecule has 0 radical (unpaired) electrons. The Morgan fingerprint density at radius 1 is 0.885 bits per heavy atom. The predicted octanol–water partition coefficient (Wildman–Crippen LogP) is 2.58. The molecule has 0 aliphatic rings. The van der Waals surface area contributed by atoms with Gasteiger partial charge in [-0.05, 0) is 17.3 Å². The second-order valence-electron chi connectivity index (χ2n) is 5.43. The standard InChI is InChI=1S/C18H13N7O/c26-18(14-10-19-16(20-11-14)12-5-2-1-3-6-12)21-15-8-4-7-13(9-15)17-22-24-25-23-17/h1-11H,(H,21,26)(H,22,23,24,25). The van der Waals surface area contributed by atoms with Crippen LogP contribution in [0.5, 0.6) is 0 Å². The number of anilines is 1. The van der Waals surface area contributed by atoms with E-state index in [2.05, 4.69) is 35.9 Å². The summed E-state index contributed by atoms with van der Waals surface area (Å²) in [7, 11) is 0. The molecule has 8 heteroatoms. The molecule has 0 saturated heterocycles. The van der Waals surface area contributed by atoms with Crippen molar-refractivity contribution in [3.8, 4) is 22.8 Å². The average Bonchev–Trinajstić information content (AvgIpc) is 3.24. The number of tetrazole rings is 1. The van der Waals surface area contributed by atoms with Crippen molar-refractivity contribution in [2.24, 2.45) is 0 Å². The normalized spacial score (nSPS) is 10.5. The van der Waals surface area contributed by atoms with Gasteiger partial charge in [-0.25, -0.2) is 9.97 Å². The van der Waals surface area contributed by atoms with Crippen molar-refractivity contribution in [1.29, 1.82) is 0 Å². The Morgan fingerprint density at radius 2 is 1.65 bits per heavy atom. The highest BCUT2D eigenvalue weighted by molar-refractivity contribution is 6.04. The van der Waals surface area contributed by atoms with E-state index in [1.165, 1.54) is 12.4 Å². The molecule has 26 heavy (non-hydrogen) atoms. The molecule has 0 aliphatic heterocycles. The molecular formula is C18H13N7O. The Morgan fingerprint density at radius 3 is 2.38 bits per heavy atom.